The summed E-state index contributed by atoms with van der Waals surface area (Å²) in [5.74, 6) is 0.861. The zero-order valence-corrected chi connectivity index (χ0v) is 13.0. The van der Waals surface area contributed by atoms with Crippen LogP contribution in [0.15, 0.2) is 24.3 Å². The lowest BCUT2D eigenvalue weighted by atomic mass is 10.1. The average Bonchev–Trinajstić information content (AvgIpc) is 2.46. The first kappa shape index (κ1) is 15.6. The number of hydrogen-bond acceptors (Lipinski definition) is 3. The fraction of sp³-hybridized carbons (Fsp3) is 0.562. The molecular formula is C16H24N2O3. The Balaban J connectivity index is 1.81. The number of nitrogens with one attached hydrogen (secondary N) is 1. The fourth-order valence-electron chi connectivity index (χ4n) is 2.67. The highest BCUT2D eigenvalue weighted by molar-refractivity contribution is 5.74. The Morgan fingerprint density at radius 1 is 1.33 bits per heavy atom. The van der Waals surface area contributed by atoms with Crippen molar-refractivity contribution in [1.29, 1.82) is 0 Å². The Hall–Kier alpha value is -1.75. The largest absolute Gasteiger partial charge is 0.496 e. The van der Waals surface area contributed by atoms with Gasteiger partial charge in [-0.2, -0.15) is 0 Å². The van der Waals surface area contributed by atoms with E-state index in [1.807, 2.05) is 43.0 Å². The van der Waals surface area contributed by atoms with E-state index in [4.69, 9.17) is 9.47 Å². The van der Waals surface area contributed by atoms with Gasteiger partial charge in [0.25, 0.3) is 0 Å². The molecule has 2 atom stereocenters. The van der Waals surface area contributed by atoms with Crippen LogP contribution in [0.3, 0.4) is 0 Å². The predicted octanol–water partition coefficient (Wildman–Crippen LogP) is 2.06. The zero-order chi connectivity index (χ0) is 15.2. The van der Waals surface area contributed by atoms with Gasteiger partial charge in [-0.3, -0.25) is 0 Å². The summed E-state index contributed by atoms with van der Waals surface area (Å²) >= 11 is 0. The number of nitrogens with zero attached hydrogens (tertiary/aromatic N) is 1. The lowest BCUT2D eigenvalue weighted by Gasteiger charge is -2.35. The standard InChI is InChI=1S/C16H24N2O3/c1-12-10-18(11-13(2)21-12)16(19)17-9-8-14-6-4-5-7-15(14)20-3/h4-7,12-13H,8-11H2,1-3H3,(H,17,19)/t12-,13+. The molecule has 5 nitrogen and oxygen atoms in total. The zero-order valence-electron chi connectivity index (χ0n) is 13.0. The molecule has 0 spiro atoms. The summed E-state index contributed by atoms with van der Waals surface area (Å²) in [4.78, 5) is 14.0. The maximum Gasteiger partial charge on any atom is 0.317 e. The first-order valence-electron chi connectivity index (χ1n) is 7.40. The molecule has 1 saturated heterocycles. The Morgan fingerprint density at radius 2 is 2.00 bits per heavy atom. The van der Waals surface area contributed by atoms with Crippen molar-refractivity contribution in [1.82, 2.24) is 10.2 Å². The monoisotopic (exact) mass is 292 g/mol. The molecule has 2 amide bonds. The van der Waals surface area contributed by atoms with E-state index in [-0.39, 0.29) is 18.2 Å². The second-order valence-corrected chi connectivity index (χ2v) is 5.46. The highest BCUT2D eigenvalue weighted by atomic mass is 16.5. The van der Waals surface area contributed by atoms with Gasteiger partial charge >= 0.3 is 6.03 Å². The molecule has 1 aromatic rings. The summed E-state index contributed by atoms with van der Waals surface area (Å²) < 4.78 is 10.9. The molecule has 1 aromatic carbocycles. The molecule has 21 heavy (non-hydrogen) atoms. The molecule has 1 aliphatic rings. The normalized spacial score (nSPS) is 22.0. The van der Waals surface area contributed by atoms with Gasteiger partial charge in [-0.25, -0.2) is 4.79 Å². The van der Waals surface area contributed by atoms with Crippen LogP contribution in [0, 0.1) is 0 Å². The second kappa shape index (κ2) is 7.31. The lowest BCUT2D eigenvalue weighted by Crippen LogP contribution is -2.51. The van der Waals surface area contributed by atoms with Crippen LogP contribution in [0.2, 0.25) is 0 Å². The van der Waals surface area contributed by atoms with Crippen molar-refractivity contribution in [3.05, 3.63) is 29.8 Å². The molecule has 0 radical (unpaired) electrons. The summed E-state index contributed by atoms with van der Waals surface area (Å²) in [7, 11) is 1.66. The number of methoxy groups -OCH3 is 1. The van der Waals surface area contributed by atoms with E-state index in [1.54, 1.807) is 7.11 Å². The minimum Gasteiger partial charge on any atom is -0.496 e. The molecule has 5 heteroatoms. The maximum absolute atomic E-state index is 12.2. The third-order valence-corrected chi connectivity index (χ3v) is 3.57. The number of carbonyl (C=O) groups is 1. The molecule has 116 valence electrons. The van der Waals surface area contributed by atoms with Crippen LogP contribution in [0.1, 0.15) is 19.4 Å². The minimum atomic E-state index is -0.0214. The van der Waals surface area contributed by atoms with Gasteiger partial charge in [0, 0.05) is 19.6 Å². The summed E-state index contributed by atoms with van der Waals surface area (Å²) in [5, 5.41) is 2.97. The van der Waals surface area contributed by atoms with Crippen LogP contribution in [-0.2, 0) is 11.2 Å². The highest BCUT2D eigenvalue weighted by Gasteiger charge is 2.25. The molecule has 0 aromatic heterocycles. The Bertz CT molecular complexity index is 468. The Kier molecular flexibility index (Phi) is 5.44. The average molecular weight is 292 g/mol. The van der Waals surface area contributed by atoms with Crippen LogP contribution in [0.5, 0.6) is 5.75 Å². The first-order chi connectivity index (χ1) is 10.1. The fourth-order valence-corrected chi connectivity index (χ4v) is 2.67. The number of para-hydroxylation sites is 1. The third kappa shape index (κ3) is 4.36. The van der Waals surface area contributed by atoms with Crippen LogP contribution < -0.4 is 10.1 Å². The summed E-state index contributed by atoms with van der Waals surface area (Å²) in [5.41, 5.74) is 1.10. The topological polar surface area (TPSA) is 50.8 Å². The second-order valence-electron chi connectivity index (χ2n) is 5.46. The van der Waals surface area contributed by atoms with E-state index in [9.17, 15) is 4.79 Å². The van der Waals surface area contributed by atoms with E-state index < -0.39 is 0 Å². The van der Waals surface area contributed by atoms with Crippen molar-refractivity contribution in [3.8, 4) is 5.75 Å². The highest BCUT2D eigenvalue weighted by Crippen LogP contribution is 2.17. The number of morpholine rings is 1. The van der Waals surface area contributed by atoms with Crippen molar-refractivity contribution < 1.29 is 14.3 Å². The molecule has 0 aliphatic carbocycles. The number of hydrogen-bond donors (Lipinski definition) is 1. The summed E-state index contributed by atoms with van der Waals surface area (Å²) in [6, 6.07) is 7.85. The van der Waals surface area contributed by atoms with Crippen molar-refractivity contribution in [2.24, 2.45) is 0 Å². The van der Waals surface area contributed by atoms with Crippen molar-refractivity contribution in [2.75, 3.05) is 26.7 Å². The maximum atomic E-state index is 12.2. The van der Waals surface area contributed by atoms with Crippen molar-refractivity contribution >= 4 is 6.03 Å². The van der Waals surface area contributed by atoms with Crippen LogP contribution in [0.4, 0.5) is 4.79 Å². The van der Waals surface area contributed by atoms with Crippen molar-refractivity contribution in [3.63, 3.8) is 0 Å². The lowest BCUT2D eigenvalue weighted by molar-refractivity contribution is -0.0544. The smallest absolute Gasteiger partial charge is 0.317 e. The van der Waals surface area contributed by atoms with Crippen molar-refractivity contribution in [2.45, 2.75) is 32.5 Å². The van der Waals surface area contributed by atoms with Gasteiger partial charge < -0.3 is 19.7 Å². The third-order valence-electron chi connectivity index (χ3n) is 3.57. The molecule has 0 bridgehead atoms. The predicted molar refractivity (Wildman–Crippen MR) is 81.7 cm³/mol. The molecule has 1 heterocycles. The van der Waals surface area contributed by atoms with E-state index in [1.165, 1.54) is 0 Å². The Morgan fingerprint density at radius 3 is 2.67 bits per heavy atom. The van der Waals surface area contributed by atoms with Gasteiger partial charge in [-0.15, -0.1) is 0 Å². The molecule has 1 N–H and O–H groups in total. The minimum absolute atomic E-state index is 0.0214. The van der Waals surface area contributed by atoms with Crippen LogP contribution in [0.25, 0.3) is 0 Å². The van der Waals surface area contributed by atoms with Crippen LogP contribution in [-0.4, -0.2) is 49.9 Å². The molecule has 1 fully saturated rings. The van der Waals surface area contributed by atoms with Gasteiger partial charge in [0.15, 0.2) is 0 Å². The molecular weight excluding hydrogens is 268 g/mol. The number of amides is 2. The summed E-state index contributed by atoms with van der Waals surface area (Å²) in [6.07, 6.45) is 0.938. The van der Waals surface area contributed by atoms with Crippen LogP contribution >= 0.6 is 0 Å². The van der Waals surface area contributed by atoms with Gasteiger partial charge in [0.05, 0.1) is 19.3 Å². The first-order valence-corrected chi connectivity index (χ1v) is 7.40. The van der Waals surface area contributed by atoms with Gasteiger partial charge in [0.1, 0.15) is 5.75 Å². The molecule has 2 rings (SSSR count). The number of urea groups is 1. The molecule has 0 unspecified atom stereocenters. The number of benzene rings is 1. The Labute approximate surface area is 126 Å². The van der Waals surface area contributed by atoms with Gasteiger partial charge in [-0.1, -0.05) is 18.2 Å². The van der Waals surface area contributed by atoms with E-state index >= 15 is 0 Å². The van der Waals surface area contributed by atoms with Gasteiger partial charge in [-0.05, 0) is 31.9 Å². The number of carbonyl (C=O) groups excluding carboxylic acids is 1. The number of rotatable bonds is 4. The SMILES string of the molecule is COc1ccccc1CCNC(=O)N1C[C@@H](C)O[C@@H](C)C1. The van der Waals surface area contributed by atoms with E-state index in [2.05, 4.69) is 5.32 Å². The molecule has 0 saturated carbocycles. The summed E-state index contributed by atoms with van der Waals surface area (Å²) in [6.45, 7) is 5.87. The van der Waals surface area contributed by atoms with E-state index in [0.717, 1.165) is 17.7 Å². The van der Waals surface area contributed by atoms with E-state index in [0.29, 0.717) is 19.6 Å². The molecule has 1 aliphatic heterocycles. The number of ether oxygens (including phenoxy) is 2. The quantitative estimate of drug-likeness (QED) is 0.924. The van der Waals surface area contributed by atoms with Gasteiger partial charge in [0.2, 0.25) is 0 Å².